The van der Waals surface area contributed by atoms with E-state index < -0.39 is 5.97 Å². The summed E-state index contributed by atoms with van der Waals surface area (Å²) in [7, 11) is 0. The van der Waals surface area contributed by atoms with Crippen LogP contribution in [0.5, 0.6) is 11.6 Å². The van der Waals surface area contributed by atoms with E-state index in [-0.39, 0.29) is 17.0 Å². The average molecular weight is 286 g/mol. The molecule has 0 amide bonds. The highest BCUT2D eigenvalue weighted by atomic mass is 16.5. The van der Waals surface area contributed by atoms with Crippen molar-refractivity contribution in [2.75, 3.05) is 5.73 Å². The van der Waals surface area contributed by atoms with Crippen LogP contribution >= 0.6 is 0 Å². The first-order chi connectivity index (χ1) is 9.77. The summed E-state index contributed by atoms with van der Waals surface area (Å²) < 4.78 is 5.57. The minimum atomic E-state index is -1.12. The van der Waals surface area contributed by atoms with Crippen molar-refractivity contribution in [3.05, 3.63) is 47.7 Å². The molecule has 0 bridgehead atoms. The van der Waals surface area contributed by atoms with Crippen LogP contribution in [0.15, 0.2) is 36.4 Å². The molecular weight excluding hydrogens is 268 g/mol. The van der Waals surface area contributed by atoms with E-state index in [0.29, 0.717) is 11.4 Å². The molecule has 0 aliphatic rings. The Balaban J connectivity index is 2.26. The Morgan fingerprint density at radius 1 is 1.14 bits per heavy atom. The minimum absolute atomic E-state index is 0.0546. The van der Waals surface area contributed by atoms with Crippen LogP contribution in [-0.2, 0) is 5.41 Å². The molecule has 0 spiro atoms. The van der Waals surface area contributed by atoms with Crippen molar-refractivity contribution in [1.29, 1.82) is 0 Å². The third kappa shape index (κ3) is 3.51. The zero-order valence-electron chi connectivity index (χ0n) is 12.3. The Morgan fingerprint density at radius 3 is 2.29 bits per heavy atom. The molecule has 3 N–H and O–H groups in total. The molecule has 1 aromatic carbocycles. The monoisotopic (exact) mass is 286 g/mol. The van der Waals surface area contributed by atoms with E-state index in [9.17, 15) is 4.79 Å². The van der Waals surface area contributed by atoms with Gasteiger partial charge >= 0.3 is 5.97 Å². The van der Waals surface area contributed by atoms with Gasteiger partial charge < -0.3 is 15.6 Å². The molecule has 0 saturated carbocycles. The molecule has 110 valence electrons. The number of anilines is 1. The molecular formula is C16H18N2O3. The highest BCUT2D eigenvalue weighted by Crippen LogP contribution is 2.28. The van der Waals surface area contributed by atoms with Gasteiger partial charge in [-0.1, -0.05) is 32.9 Å². The zero-order valence-corrected chi connectivity index (χ0v) is 12.3. The number of aromatic carboxylic acids is 1. The van der Waals surface area contributed by atoms with Crippen LogP contribution in [0, 0.1) is 0 Å². The van der Waals surface area contributed by atoms with Gasteiger partial charge in [0.05, 0.1) is 5.69 Å². The molecule has 0 aliphatic heterocycles. The van der Waals surface area contributed by atoms with Gasteiger partial charge in [-0.3, -0.25) is 0 Å². The van der Waals surface area contributed by atoms with Gasteiger partial charge in [0.25, 0.3) is 0 Å². The quantitative estimate of drug-likeness (QED) is 0.902. The number of pyridine rings is 1. The van der Waals surface area contributed by atoms with Crippen LogP contribution in [0.1, 0.15) is 36.8 Å². The second-order valence-electron chi connectivity index (χ2n) is 5.77. The fraction of sp³-hybridized carbons (Fsp3) is 0.250. The standard InChI is InChI=1S/C16H18N2O3/c1-16(2,3)10-4-6-11(7-5-10)21-14-12(17)8-9-13(18-14)15(19)20/h4-9H,17H2,1-3H3,(H,19,20). The first-order valence-electron chi connectivity index (χ1n) is 6.55. The topological polar surface area (TPSA) is 85.4 Å². The van der Waals surface area contributed by atoms with Gasteiger partial charge in [-0.25, -0.2) is 9.78 Å². The molecule has 5 heteroatoms. The maximum absolute atomic E-state index is 10.9. The molecule has 5 nitrogen and oxygen atoms in total. The first kappa shape index (κ1) is 14.8. The molecule has 0 fully saturated rings. The van der Waals surface area contributed by atoms with Crippen LogP contribution in [0.3, 0.4) is 0 Å². The summed E-state index contributed by atoms with van der Waals surface area (Å²) in [4.78, 5) is 14.8. The van der Waals surface area contributed by atoms with E-state index in [4.69, 9.17) is 15.6 Å². The number of carboxylic acids is 1. The summed E-state index contributed by atoms with van der Waals surface area (Å²) in [6, 6.07) is 10.4. The fourth-order valence-corrected chi connectivity index (χ4v) is 1.79. The maximum atomic E-state index is 10.9. The van der Waals surface area contributed by atoms with Gasteiger partial charge in [0.15, 0.2) is 5.69 Å². The van der Waals surface area contributed by atoms with E-state index in [0.717, 1.165) is 0 Å². The SMILES string of the molecule is CC(C)(C)c1ccc(Oc2nc(C(=O)O)ccc2N)cc1. The van der Waals surface area contributed by atoms with Gasteiger partial charge in [-0.2, -0.15) is 0 Å². The number of carbonyl (C=O) groups is 1. The highest BCUT2D eigenvalue weighted by Gasteiger charge is 2.14. The van der Waals surface area contributed by atoms with Crippen LogP contribution in [0.25, 0.3) is 0 Å². The molecule has 1 heterocycles. The molecule has 1 aromatic heterocycles. The lowest BCUT2D eigenvalue weighted by atomic mass is 9.87. The molecule has 0 atom stereocenters. The Bertz CT molecular complexity index is 658. The van der Waals surface area contributed by atoms with Crippen molar-refractivity contribution < 1.29 is 14.6 Å². The summed E-state index contributed by atoms with van der Waals surface area (Å²) in [6.45, 7) is 6.37. The number of carboxylic acid groups (broad SMARTS) is 1. The lowest BCUT2D eigenvalue weighted by molar-refractivity contribution is 0.0689. The molecule has 0 saturated heterocycles. The van der Waals surface area contributed by atoms with E-state index >= 15 is 0 Å². The fourth-order valence-electron chi connectivity index (χ4n) is 1.79. The number of hydrogen-bond donors (Lipinski definition) is 2. The smallest absolute Gasteiger partial charge is 0.354 e. The van der Waals surface area contributed by atoms with E-state index in [1.807, 2.05) is 24.3 Å². The third-order valence-corrected chi connectivity index (χ3v) is 3.04. The summed E-state index contributed by atoms with van der Waals surface area (Å²) in [5.41, 5.74) is 7.17. The third-order valence-electron chi connectivity index (χ3n) is 3.04. The average Bonchev–Trinajstić information content (AvgIpc) is 2.40. The molecule has 21 heavy (non-hydrogen) atoms. The maximum Gasteiger partial charge on any atom is 0.354 e. The van der Waals surface area contributed by atoms with Crippen molar-refractivity contribution in [2.45, 2.75) is 26.2 Å². The molecule has 0 aliphatic carbocycles. The van der Waals surface area contributed by atoms with Gasteiger partial charge in [-0.15, -0.1) is 0 Å². The Hall–Kier alpha value is -2.56. The van der Waals surface area contributed by atoms with E-state index in [2.05, 4.69) is 25.8 Å². The van der Waals surface area contributed by atoms with Crippen molar-refractivity contribution in [2.24, 2.45) is 0 Å². The van der Waals surface area contributed by atoms with Crippen molar-refractivity contribution in [1.82, 2.24) is 4.98 Å². The Kier molecular flexibility index (Phi) is 3.84. The summed E-state index contributed by atoms with van der Waals surface area (Å²) in [5.74, 6) is -0.467. The summed E-state index contributed by atoms with van der Waals surface area (Å²) in [6.07, 6.45) is 0. The van der Waals surface area contributed by atoms with Gasteiger partial charge in [-0.05, 0) is 35.2 Å². The second kappa shape index (κ2) is 5.44. The largest absolute Gasteiger partial charge is 0.477 e. The van der Waals surface area contributed by atoms with Crippen molar-refractivity contribution in [3.8, 4) is 11.6 Å². The molecule has 0 radical (unpaired) electrons. The first-order valence-corrected chi connectivity index (χ1v) is 6.55. The summed E-state index contributed by atoms with van der Waals surface area (Å²) in [5, 5.41) is 8.93. The zero-order chi connectivity index (χ0) is 15.6. The predicted octanol–water partition coefficient (Wildman–Crippen LogP) is 3.45. The van der Waals surface area contributed by atoms with E-state index in [1.165, 1.54) is 17.7 Å². The van der Waals surface area contributed by atoms with Crippen LogP contribution in [0.2, 0.25) is 0 Å². The number of benzene rings is 1. The molecule has 2 rings (SSSR count). The lowest BCUT2D eigenvalue weighted by Crippen LogP contribution is -2.10. The Labute approximate surface area is 123 Å². The molecule has 2 aromatic rings. The van der Waals surface area contributed by atoms with Gasteiger partial charge in [0.1, 0.15) is 5.75 Å². The lowest BCUT2D eigenvalue weighted by Gasteiger charge is -2.19. The molecule has 0 unspecified atom stereocenters. The van der Waals surface area contributed by atoms with Crippen molar-refractivity contribution >= 4 is 11.7 Å². The number of nitrogens with two attached hydrogens (primary N) is 1. The highest BCUT2D eigenvalue weighted by molar-refractivity contribution is 5.86. The van der Waals surface area contributed by atoms with Crippen molar-refractivity contribution in [3.63, 3.8) is 0 Å². The van der Waals surface area contributed by atoms with Crippen LogP contribution in [-0.4, -0.2) is 16.1 Å². The predicted molar refractivity (Wildman–Crippen MR) is 80.8 cm³/mol. The van der Waals surface area contributed by atoms with Crippen LogP contribution in [0.4, 0.5) is 5.69 Å². The normalized spacial score (nSPS) is 11.2. The summed E-state index contributed by atoms with van der Waals surface area (Å²) >= 11 is 0. The second-order valence-corrected chi connectivity index (χ2v) is 5.77. The van der Waals surface area contributed by atoms with Gasteiger partial charge in [0.2, 0.25) is 5.88 Å². The number of aromatic nitrogens is 1. The Morgan fingerprint density at radius 2 is 1.76 bits per heavy atom. The number of nitrogens with zero attached hydrogens (tertiary/aromatic N) is 1. The van der Waals surface area contributed by atoms with Crippen LogP contribution < -0.4 is 10.5 Å². The number of nitrogen functional groups attached to an aromatic ring is 1. The number of hydrogen-bond acceptors (Lipinski definition) is 4. The minimum Gasteiger partial charge on any atom is -0.477 e. The van der Waals surface area contributed by atoms with E-state index in [1.54, 1.807) is 0 Å². The number of ether oxygens (including phenoxy) is 1. The van der Waals surface area contributed by atoms with Gasteiger partial charge in [0, 0.05) is 0 Å². The number of rotatable bonds is 3.